The Morgan fingerprint density at radius 2 is 1.33 bits per heavy atom. The van der Waals surface area contributed by atoms with Crippen LogP contribution in [0.5, 0.6) is 0 Å². The zero-order valence-electron chi connectivity index (χ0n) is 5.58. The third-order valence-electron chi connectivity index (χ3n) is 0.368. The van der Waals surface area contributed by atoms with E-state index < -0.39 is 17.0 Å². The summed E-state index contributed by atoms with van der Waals surface area (Å²) in [4.78, 5) is 27.5. The van der Waals surface area contributed by atoms with Crippen molar-refractivity contribution in [2.75, 3.05) is 0 Å². The Balaban J connectivity index is 0. The molecule has 0 aromatic heterocycles. The average molecular weight is 179 g/mol. The lowest BCUT2D eigenvalue weighted by Gasteiger charge is -1.74. The van der Waals surface area contributed by atoms with Crippen LogP contribution in [0.1, 0.15) is 0 Å². The Hall–Kier alpha value is -2.12. The standard InChI is InChI=1S/C4H4O4.HNO3/c5-3(6)1-2-4(7)8;2-1(3)4/h1-2H,(H,5,6)(H,7,8);(H,2,3,4)/b2-1-;. The van der Waals surface area contributed by atoms with Crippen LogP contribution in [0.25, 0.3) is 0 Å². The second-order valence-electron chi connectivity index (χ2n) is 1.25. The van der Waals surface area contributed by atoms with Crippen LogP contribution >= 0.6 is 0 Å². The normalized spacial score (nSPS) is 8.33. The molecule has 3 N–H and O–H groups in total. The second-order valence-corrected chi connectivity index (χ2v) is 1.25. The van der Waals surface area contributed by atoms with Crippen LogP contribution in [0.4, 0.5) is 0 Å². The molecular weight excluding hydrogens is 174 g/mol. The third-order valence-corrected chi connectivity index (χ3v) is 0.368. The van der Waals surface area contributed by atoms with Gasteiger partial charge in [-0.05, 0) is 0 Å². The maximum absolute atomic E-state index is 9.55. The quantitative estimate of drug-likeness (QED) is 0.291. The molecule has 0 atom stereocenters. The topological polar surface area (TPSA) is 138 Å². The van der Waals surface area contributed by atoms with Crippen molar-refractivity contribution in [3.8, 4) is 0 Å². The van der Waals surface area contributed by atoms with E-state index in [0.717, 1.165) is 0 Å². The predicted octanol–water partition coefficient (Wildman–Crippen LogP) is -0.636. The van der Waals surface area contributed by atoms with Crippen LogP contribution in [0.3, 0.4) is 0 Å². The number of rotatable bonds is 2. The zero-order chi connectivity index (χ0) is 10.1. The van der Waals surface area contributed by atoms with Crippen molar-refractivity contribution in [3.63, 3.8) is 0 Å². The number of carboxylic acid groups (broad SMARTS) is 2. The maximum Gasteiger partial charge on any atom is 0.328 e. The van der Waals surface area contributed by atoms with Crippen molar-refractivity contribution in [2.24, 2.45) is 0 Å². The van der Waals surface area contributed by atoms with Crippen molar-refractivity contribution in [3.05, 3.63) is 22.3 Å². The lowest BCUT2D eigenvalue weighted by Crippen LogP contribution is -1.91. The van der Waals surface area contributed by atoms with E-state index >= 15 is 0 Å². The molecule has 0 unspecified atom stereocenters. The largest absolute Gasteiger partial charge is 0.478 e. The van der Waals surface area contributed by atoms with Gasteiger partial charge in [0.15, 0.2) is 0 Å². The Bertz CT molecular complexity index is 187. The summed E-state index contributed by atoms with van der Waals surface area (Å²) in [5, 5.41) is 29.3. The monoisotopic (exact) mass is 179 g/mol. The lowest BCUT2D eigenvalue weighted by atomic mass is 10.5. The van der Waals surface area contributed by atoms with Crippen LogP contribution in [0.2, 0.25) is 0 Å². The molecule has 0 radical (unpaired) electrons. The smallest absolute Gasteiger partial charge is 0.328 e. The van der Waals surface area contributed by atoms with E-state index in [2.05, 4.69) is 0 Å². The highest BCUT2D eigenvalue weighted by Crippen LogP contribution is 1.70. The molecule has 0 saturated carbocycles. The summed E-state index contributed by atoms with van der Waals surface area (Å²) in [5.41, 5.74) is 0. The van der Waals surface area contributed by atoms with Crippen molar-refractivity contribution >= 4 is 11.9 Å². The average Bonchev–Trinajstić information content (AvgIpc) is 1.82. The number of aliphatic carboxylic acids is 2. The molecule has 12 heavy (non-hydrogen) atoms. The van der Waals surface area contributed by atoms with Gasteiger partial charge in [0.05, 0.1) is 0 Å². The molecule has 0 bridgehead atoms. The van der Waals surface area contributed by atoms with Gasteiger partial charge in [-0.2, -0.15) is 0 Å². The highest BCUT2D eigenvalue weighted by Gasteiger charge is 1.88. The van der Waals surface area contributed by atoms with Crippen LogP contribution in [-0.4, -0.2) is 32.4 Å². The molecule has 0 aliphatic rings. The van der Waals surface area contributed by atoms with Gasteiger partial charge < -0.3 is 15.4 Å². The lowest BCUT2D eigenvalue weighted by molar-refractivity contribution is -0.742. The molecule has 0 heterocycles. The van der Waals surface area contributed by atoms with Crippen LogP contribution in [-0.2, 0) is 9.59 Å². The first kappa shape index (κ1) is 12.5. The van der Waals surface area contributed by atoms with Gasteiger partial charge in [-0.1, -0.05) is 0 Å². The molecule has 0 aromatic rings. The first-order valence-corrected chi connectivity index (χ1v) is 2.33. The van der Waals surface area contributed by atoms with Gasteiger partial charge in [0.2, 0.25) is 0 Å². The van der Waals surface area contributed by atoms with Gasteiger partial charge in [-0.15, -0.1) is 10.1 Å². The van der Waals surface area contributed by atoms with E-state index in [1.807, 2.05) is 0 Å². The molecule has 0 aliphatic carbocycles. The molecule has 0 rings (SSSR count). The zero-order valence-corrected chi connectivity index (χ0v) is 5.58. The molecule has 0 spiro atoms. The third kappa shape index (κ3) is 45.0. The first-order chi connectivity index (χ1) is 5.36. The van der Waals surface area contributed by atoms with E-state index in [1.165, 1.54) is 0 Å². The summed E-state index contributed by atoms with van der Waals surface area (Å²) in [5.74, 6) is -2.51. The molecule has 68 valence electrons. The molecule has 0 amide bonds. The van der Waals surface area contributed by atoms with Crippen molar-refractivity contribution in [1.82, 2.24) is 0 Å². The van der Waals surface area contributed by atoms with E-state index in [1.54, 1.807) is 0 Å². The van der Waals surface area contributed by atoms with E-state index in [4.69, 9.17) is 25.5 Å². The van der Waals surface area contributed by atoms with Gasteiger partial charge >= 0.3 is 11.9 Å². The molecule has 0 aliphatic heterocycles. The minimum atomic E-state index is -1.50. The van der Waals surface area contributed by atoms with Crippen molar-refractivity contribution < 1.29 is 30.1 Å². The first-order valence-electron chi connectivity index (χ1n) is 2.33. The van der Waals surface area contributed by atoms with Gasteiger partial charge in [0.25, 0.3) is 5.09 Å². The summed E-state index contributed by atoms with van der Waals surface area (Å²) in [6.07, 6.45) is 1.12. The number of carboxylic acids is 2. The van der Waals surface area contributed by atoms with Crippen LogP contribution < -0.4 is 0 Å². The number of nitrogens with zero attached hydrogens (tertiary/aromatic N) is 1. The van der Waals surface area contributed by atoms with E-state index in [9.17, 15) is 9.59 Å². The minimum Gasteiger partial charge on any atom is -0.478 e. The summed E-state index contributed by atoms with van der Waals surface area (Å²) < 4.78 is 0. The van der Waals surface area contributed by atoms with E-state index in [-0.39, 0.29) is 0 Å². The predicted molar refractivity (Wildman–Crippen MR) is 33.2 cm³/mol. The molecule has 0 aromatic carbocycles. The highest BCUT2D eigenvalue weighted by molar-refractivity contribution is 5.89. The van der Waals surface area contributed by atoms with Gasteiger partial charge in [-0.3, -0.25) is 0 Å². The Morgan fingerprint density at radius 1 is 1.17 bits per heavy atom. The van der Waals surface area contributed by atoms with Gasteiger partial charge in [-0.25, -0.2) is 9.59 Å². The van der Waals surface area contributed by atoms with Crippen molar-refractivity contribution in [2.45, 2.75) is 0 Å². The number of hydrogen-bond donors (Lipinski definition) is 3. The van der Waals surface area contributed by atoms with Gasteiger partial charge in [0, 0.05) is 12.2 Å². The van der Waals surface area contributed by atoms with Crippen LogP contribution in [0.15, 0.2) is 12.2 Å². The SMILES string of the molecule is O=C(O)/C=C\C(=O)O.O=[N+]([O-])O. The summed E-state index contributed by atoms with van der Waals surface area (Å²) in [6.45, 7) is 0. The number of hydrogen-bond acceptors (Lipinski definition) is 4. The maximum atomic E-state index is 9.55. The van der Waals surface area contributed by atoms with E-state index in [0.29, 0.717) is 12.2 Å². The fourth-order valence-electron chi connectivity index (χ4n) is 0.143. The number of carbonyl (C=O) groups is 2. The molecule has 0 fully saturated rings. The highest BCUT2D eigenvalue weighted by atomic mass is 16.9. The van der Waals surface area contributed by atoms with Gasteiger partial charge in [0.1, 0.15) is 0 Å². The molecule has 0 saturated heterocycles. The molecular formula is C4H5NO7. The summed E-state index contributed by atoms with van der Waals surface area (Å²) in [7, 11) is 0. The Morgan fingerprint density at radius 3 is 1.42 bits per heavy atom. The minimum absolute atomic E-state index is 0.558. The summed E-state index contributed by atoms with van der Waals surface area (Å²) in [6, 6.07) is 0. The fraction of sp³-hybridized carbons (Fsp3) is 0. The fourth-order valence-corrected chi connectivity index (χ4v) is 0.143. The van der Waals surface area contributed by atoms with Crippen molar-refractivity contribution in [1.29, 1.82) is 0 Å². The molecule has 8 heteroatoms. The summed E-state index contributed by atoms with van der Waals surface area (Å²) >= 11 is 0. The Kier molecular flexibility index (Phi) is 7.31. The van der Waals surface area contributed by atoms with Crippen LogP contribution in [0, 0.1) is 10.1 Å². The second kappa shape index (κ2) is 6.99. The Labute approximate surface area is 65.5 Å². The molecule has 8 nitrogen and oxygen atoms in total.